The Bertz CT molecular complexity index is 935. The molecule has 3 atom stereocenters. The van der Waals surface area contributed by atoms with E-state index in [0.29, 0.717) is 25.7 Å². The highest BCUT2D eigenvalue weighted by Gasteiger charge is 2.40. The van der Waals surface area contributed by atoms with Crippen LogP contribution >= 0.6 is 0 Å². The van der Waals surface area contributed by atoms with Crippen LogP contribution < -0.4 is 5.32 Å². The molecule has 2 aromatic rings. The third-order valence-corrected chi connectivity index (χ3v) is 6.43. The molecule has 0 radical (unpaired) electrons. The Labute approximate surface area is 183 Å². The van der Waals surface area contributed by atoms with Gasteiger partial charge >= 0.3 is 0 Å². The van der Waals surface area contributed by atoms with Crippen LogP contribution in [0, 0.1) is 0 Å². The minimum absolute atomic E-state index is 0.0478. The van der Waals surface area contributed by atoms with Gasteiger partial charge in [0.2, 0.25) is 11.8 Å². The van der Waals surface area contributed by atoms with Crippen molar-refractivity contribution in [3.63, 3.8) is 0 Å². The molecule has 4 rings (SSSR count). The fourth-order valence-electron chi connectivity index (χ4n) is 4.88. The van der Waals surface area contributed by atoms with Crippen molar-refractivity contribution in [2.24, 2.45) is 0 Å². The lowest BCUT2D eigenvalue weighted by molar-refractivity contribution is -0.136. The van der Waals surface area contributed by atoms with Gasteiger partial charge in [0.1, 0.15) is 5.76 Å². The highest BCUT2D eigenvalue weighted by molar-refractivity contribution is 5.80. The lowest BCUT2D eigenvalue weighted by Gasteiger charge is -2.40. The highest BCUT2D eigenvalue weighted by atomic mass is 16.3. The van der Waals surface area contributed by atoms with Crippen LogP contribution in [0.3, 0.4) is 0 Å². The SMILES string of the molecule is C=CC[C@@H]1CC=C[C@@H](c2ccccc2)N1C(=O)CC[C@]1(Cc2ccco2)CCC(=O)N1. The molecule has 162 valence electrons. The summed E-state index contributed by atoms with van der Waals surface area (Å²) in [4.78, 5) is 27.6. The molecule has 0 unspecified atom stereocenters. The molecule has 2 aliphatic rings. The smallest absolute Gasteiger partial charge is 0.223 e. The van der Waals surface area contributed by atoms with E-state index in [9.17, 15) is 9.59 Å². The Kier molecular flexibility index (Phi) is 6.40. The van der Waals surface area contributed by atoms with Crippen molar-refractivity contribution >= 4 is 11.8 Å². The second-order valence-electron chi connectivity index (χ2n) is 8.58. The number of hydrogen-bond donors (Lipinski definition) is 1. The first kappa shape index (κ1) is 21.2. The van der Waals surface area contributed by atoms with Gasteiger partial charge in [0.05, 0.1) is 12.3 Å². The number of nitrogens with zero attached hydrogens (tertiary/aromatic N) is 1. The molecule has 0 aliphatic carbocycles. The third kappa shape index (κ3) is 4.82. The molecule has 3 heterocycles. The number of nitrogens with one attached hydrogen (secondary N) is 1. The maximum Gasteiger partial charge on any atom is 0.223 e. The first-order valence-electron chi connectivity index (χ1n) is 11.1. The Balaban J connectivity index is 1.53. The monoisotopic (exact) mass is 418 g/mol. The Morgan fingerprint density at radius 3 is 2.77 bits per heavy atom. The minimum Gasteiger partial charge on any atom is -0.469 e. The quantitative estimate of drug-likeness (QED) is 0.631. The summed E-state index contributed by atoms with van der Waals surface area (Å²) in [6, 6.07) is 14.0. The van der Waals surface area contributed by atoms with Crippen molar-refractivity contribution < 1.29 is 14.0 Å². The molecule has 0 saturated carbocycles. The van der Waals surface area contributed by atoms with Gasteiger partial charge in [-0.05, 0) is 43.4 Å². The largest absolute Gasteiger partial charge is 0.469 e. The summed E-state index contributed by atoms with van der Waals surface area (Å²) in [6.07, 6.45) is 12.2. The highest BCUT2D eigenvalue weighted by Crippen LogP contribution is 2.34. The average molecular weight is 419 g/mol. The molecule has 1 fully saturated rings. The van der Waals surface area contributed by atoms with Gasteiger partial charge in [0.25, 0.3) is 0 Å². The van der Waals surface area contributed by atoms with Gasteiger partial charge in [-0.3, -0.25) is 9.59 Å². The van der Waals surface area contributed by atoms with Crippen LogP contribution in [-0.4, -0.2) is 28.3 Å². The van der Waals surface area contributed by atoms with E-state index in [-0.39, 0.29) is 23.9 Å². The molecule has 31 heavy (non-hydrogen) atoms. The van der Waals surface area contributed by atoms with Crippen molar-refractivity contribution in [1.29, 1.82) is 0 Å². The molecule has 1 saturated heterocycles. The molecule has 1 aromatic carbocycles. The van der Waals surface area contributed by atoms with E-state index < -0.39 is 5.54 Å². The number of carbonyl (C=O) groups excluding carboxylic acids is 2. The molecule has 1 N–H and O–H groups in total. The Hall–Kier alpha value is -3.08. The van der Waals surface area contributed by atoms with Crippen LogP contribution in [0.1, 0.15) is 55.9 Å². The lowest BCUT2D eigenvalue weighted by Crippen LogP contribution is -2.47. The Morgan fingerprint density at radius 1 is 1.26 bits per heavy atom. The molecule has 5 heteroatoms. The van der Waals surface area contributed by atoms with Gasteiger partial charge < -0.3 is 14.6 Å². The number of carbonyl (C=O) groups is 2. The second kappa shape index (κ2) is 9.38. The number of amides is 2. The molecule has 1 aromatic heterocycles. The molecule has 2 amide bonds. The van der Waals surface area contributed by atoms with Crippen LogP contribution in [-0.2, 0) is 16.0 Å². The summed E-state index contributed by atoms with van der Waals surface area (Å²) in [7, 11) is 0. The Morgan fingerprint density at radius 2 is 2.10 bits per heavy atom. The van der Waals surface area contributed by atoms with E-state index in [1.165, 1.54) is 0 Å². The zero-order valence-electron chi connectivity index (χ0n) is 17.8. The normalized spacial score (nSPS) is 25.4. The fourth-order valence-corrected chi connectivity index (χ4v) is 4.88. The summed E-state index contributed by atoms with van der Waals surface area (Å²) in [6.45, 7) is 3.90. The summed E-state index contributed by atoms with van der Waals surface area (Å²) in [5, 5.41) is 3.14. The summed E-state index contributed by atoms with van der Waals surface area (Å²) < 4.78 is 5.54. The van der Waals surface area contributed by atoms with E-state index in [4.69, 9.17) is 4.42 Å². The predicted molar refractivity (Wildman–Crippen MR) is 120 cm³/mol. The summed E-state index contributed by atoms with van der Waals surface area (Å²) in [5.41, 5.74) is 0.687. The van der Waals surface area contributed by atoms with E-state index in [1.54, 1.807) is 6.26 Å². The van der Waals surface area contributed by atoms with Crippen LogP contribution in [0.25, 0.3) is 0 Å². The van der Waals surface area contributed by atoms with Crippen molar-refractivity contribution in [3.05, 3.63) is 84.9 Å². The van der Waals surface area contributed by atoms with E-state index in [0.717, 1.165) is 30.6 Å². The second-order valence-corrected chi connectivity index (χ2v) is 8.58. The van der Waals surface area contributed by atoms with Gasteiger partial charge in [-0.15, -0.1) is 6.58 Å². The fraction of sp³-hybridized carbons (Fsp3) is 0.385. The van der Waals surface area contributed by atoms with Gasteiger partial charge in [-0.1, -0.05) is 48.6 Å². The minimum atomic E-state index is -0.424. The van der Waals surface area contributed by atoms with Gasteiger partial charge in [0.15, 0.2) is 0 Å². The first-order valence-corrected chi connectivity index (χ1v) is 11.1. The maximum atomic E-state index is 13.6. The molecule has 5 nitrogen and oxygen atoms in total. The van der Waals surface area contributed by atoms with Crippen LogP contribution in [0.5, 0.6) is 0 Å². The first-order chi connectivity index (χ1) is 15.1. The summed E-state index contributed by atoms with van der Waals surface area (Å²) >= 11 is 0. The topological polar surface area (TPSA) is 62.6 Å². The van der Waals surface area contributed by atoms with Gasteiger partial charge in [-0.25, -0.2) is 0 Å². The number of rotatable bonds is 8. The molecule has 0 spiro atoms. The lowest BCUT2D eigenvalue weighted by atomic mass is 9.86. The van der Waals surface area contributed by atoms with E-state index in [2.05, 4.69) is 36.2 Å². The van der Waals surface area contributed by atoms with Crippen molar-refractivity contribution in [1.82, 2.24) is 10.2 Å². The predicted octanol–water partition coefficient (Wildman–Crippen LogP) is 4.73. The van der Waals surface area contributed by atoms with E-state index >= 15 is 0 Å². The number of hydrogen-bond acceptors (Lipinski definition) is 3. The van der Waals surface area contributed by atoms with Crippen molar-refractivity contribution in [3.8, 4) is 0 Å². The zero-order valence-corrected chi connectivity index (χ0v) is 17.8. The van der Waals surface area contributed by atoms with Crippen molar-refractivity contribution in [2.75, 3.05) is 0 Å². The van der Waals surface area contributed by atoms with Crippen LogP contribution in [0.15, 0.2) is 78.0 Å². The number of furan rings is 1. The molecular weight excluding hydrogens is 388 g/mol. The van der Waals surface area contributed by atoms with Gasteiger partial charge in [-0.2, -0.15) is 0 Å². The maximum absolute atomic E-state index is 13.6. The van der Waals surface area contributed by atoms with Crippen molar-refractivity contribution in [2.45, 2.75) is 62.6 Å². The molecule has 2 aliphatic heterocycles. The summed E-state index contributed by atoms with van der Waals surface area (Å²) in [5.74, 6) is 0.999. The average Bonchev–Trinajstić information content (AvgIpc) is 3.43. The van der Waals surface area contributed by atoms with Gasteiger partial charge in [0, 0.05) is 30.8 Å². The molecule has 0 bridgehead atoms. The standard InChI is InChI=1S/C26H30N2O3/c1-2-8-21-11-6-13-23(20-9-4-3-5-10-20)28(21)25(30)15-17-26(16-14-24(29)27-26)19-22-12-7-18-31-22/h2-7,9-10,12-13,18,21,23H,1,8,11,14-17,19H2,(H,27,29)/t21-,23+,26+/m1/s1. The molecular formula is C26H30N2O3. The van der Waals surface area contributed by atoms with E-state index in [1.807, 2.05) is 41.3 Å². The number of benzene rings is 1. The van der Waals surface area contributed by atoms with Crippen LogP contribution in [0.4, 0.5) is 0 Å². The zero-order chi connectivity index (χ0) is 21.7. The third-order valence-electron chi connectivity index (χ3n) is 6.43. The van der Waals surface area contributed by atoms with Crippen LogP contribution in [0.2, 0.25) is 0 Å².